The third-order valence-electron chi connectivity index (χ3n) is 7.97. The second-order valence-electron chi connectivity index (χ2n) is 12.8. The Morgan fingerprint density at radius 2 is 1.10 bits per heavy atom. The topological polar surface area (TPSA) is 180 Å². The van der Waals surface area contributed by atoms with Gasteiger partial charge in [-0.3, -0.25) is 14.1 Å². The van der Waals surface area contributed by atoms with Crippen LogP contribution in [0.5, 0.6) is 0 Å². The van der Waals surface area contributed by atoms with E-state index in [4.69, 9.17) is 19.3 Å². The summed E-state index contributed by atoms with van der Waals surface area (Å²) in [7, 11) is -4.83. The van der Waals surface area contributed by atoms with Gasteiger partial charge in [-0.05, 0) is 25.7 Å². The molecule has 12 heteroatoms. The lowest BCUT2D eigenvalue weighted by Gasteiger charge is -2.18. The highest BCUT2D eigenvalue weighted by atomic mass is 31.2. The van der Waals surface area contributed by atoms with Crippen LogP contribution < -0.4 is 0 Å². The molecule has 0 fully saturated rings. The molecule has 290 valence electrons. The van der Waals surface area contributed by atoms with Crippen LogP contribution in [0.4, 0.5) is 0 Å². The van der Waals surface area contributed by atoms with Crippen LogP contribution in [-0.2, 0) is 28.2 Å². The van der Waals surface area contributed by atoms with Gasteiger partial charge in [-0.15, -0.1) is 0 Å². The second-order valence-corrected chi connectivity index (χ2v) is 14.0. The minimum absolute atomic E-state index is 0.0854. The molecule has 0 radical (unpaired) electrons. The zero-order chi connectivity index (χ0) is 37.3. The van der Waals surface area contributed by atoms with E-state index in [2.05, 4.69) is 18.4 Å². The summed E-state index contributed by atoms with van der Waals surface area (Å²) in [5.74, 6) is -1.22. The Bertz CT molecular complexity index is 1000. The molecule has 0 aromatic carbocycles. The molecule has 0 heterocycles. The lowest BCUT2D eigenvalue weighted by atomic mass is 10.0. The van der Waals surface area contributed by atoms with E-state index < -0.39 is 57.4 Å². The van der Waals surface area contributed by atoms with Crippen LogP contribution in [0, 0.1) is 0 Å². The molecule has 0 aliphatic carbocycles. The van der Waals surface area contributed by atoms with E-state index in [1.807, 2.05) is 0 Å². The molecular formula is C38H67O11P. The lowest BCUT2D eigenvalue weighted by Crippen LogP contribution is -2.29. The minimum atomic E-state index is -4.83. The first kappa shape index (κ1) is 47.9. The summed E-state index contributed by atoms with van der Waals surface area (Å²) < 4.78 is 26.1. The van der Waals surface area contributed by atoms with E-state index in [1.165, 1.54) is 57.4 Å². The monoisotopic (exact) mass is 730 g/mol. The quantitative estimate of drug-likeness (QED) is 0.0193. The number of unbranched alkanes of at least 4 members (excludes halogenated alkanes) is 13. The molecule has 0 saturated heterocycles. The van der Waals surface area contributed by atoms with Crippen molar-refractivity contribution >= 4 is 19.8 Å². The average Bonchev–Trinajstić information content (AvgIpc) is 3.07. The number of ether oxygens (including phenoxy) is 2. The fourth-order valence-electron chi connectivity index (χ4n) is 4.99. The smallest absolute Gasteiger partial charge is 0.462 e. The van der Waals surface area contributed by atoms with E-state index >= 15 is 0 Å². The van der Waals surface area contributed by atoms with Crippen LogP contribution in [0.25, 0.3) is 0 Å². The van der Waals surface area contributed by atoms with Crippen molar-refractivity contribution in [2.45, 2.75) is 167 Å². The van der Waals surface area contributed by atoms with Crippen LogP contribution in [0.15, 0.2) is 48.6 Å². The summed E-state index contributed by atoms with van der Waals surface area (Å²) in [6.45, 7) is 3.26. The maximum absolute atomic E-state index is 12.3. The van der Waals surface area contributed by atoms with Crippen molar-refractivity contribution in [3.05, 3.63) is 48.6 Å². The Morgan fingerprint density at radius 1 is 0.600 bits per heavy atom. The summed E-state index contributed by atoms with van der Waals surface area (Å²) in [6, 6.07) is 0. The first-order valence-corrected chi connectivity index (χ1v) is 20.3. The number of carbonyl (C=O) groups excluding carboxylic acids is 2. The molecule has 50 heavy (non-hydrogen) atoms. The van der Waals surface area contributed by atoms with Gasteiger partial charge in [0, 0.05) is 12.8 Å². The molecule has 5 N–H and O–H groups in total. The van der Waals surface area contributed by atoms with Gasteiger partial charge in [0.25, 0.3) is 0 Å². The number of hydrogen-bond acceptors (Lipinski definition) is 9. The van der Waals surface area contributed by atoms with Crippen LogP contribution in [-0.4, -0.2) is 74.7 Å². The van der Waals surface area contributed by atoms with E-state index in [9.17, 15) is 29.5 Å². The van der Waals surface area contributed by atoms with Crippen LogP contribution >= 0.6 is 7.82 Å². The highest BCUT2D eigenvalue weighted by Gasteiger charge is 2.23. The number of allylic oxidation sites excluding steroid dienone is 6. The van der Waals surface area contributed by atoms with Crippen molar-refractivity contribution < 1.29 is 53.3 Å². The molecule has 4 atom stereocenters. The number of phosphoric acid groups is 1. The minimum Gasteiger partial charge on any atom is -0.462 e. The van der Waals surface area contributed by atoms with Gasteiger partial charge in [-0.1, -0.05) is 152 Å². The molecule has 0 aromatic rings. The molecular weight excluding hydrogens is 663 g/mol. The van der Waals surface area contributed by atoms with Gasteiger partial charge in [0.1, 0.15) is 6.61 Å². The fraction of sp³-hybridized carbons (Fsp3) is 0.737. The van der Waals surface area contributed by atoms with Gasteiger partial charge in [-0.25, -0.2) is 4.57 Å². The average molecular weight is 731 g/mol. The van der Waals surface area contributed by atoms with Crippen LogP contribution in [0.2, 0.25) is 0 Å². The summed E-state index contributed by atoms with van der Waals surface area (Å²) >= 11 is 0. The molecule has 0 aromatic heterocycles. The van der Waals surface area contributed by atoms with E-state index in [0.29, 0.717) is 6.42 Å². The highest BCUT2D eigenvalue weighted by Crippen LogP contribution is 2.36. The molecule has 0 aliphatic heterocycles. The number of rotatable bonds is 33. The predicted molar refractivity (Wildman–Crippen MR) is 197 cm³/mol. The number of aliphatic hydroxyl groups is 3. The van der Waals surface area contributed by atoms with Gasteiger partial charge in [0.2, 0.25) is 0 Å². The Hall–Kier alpha value is -2.11. The highest BCUT2D eigenvalue weighted by molar-refractivity contribution is 7.46. The predicted octanol–water partition coefficient (Wildman–Crippen LogP) is 7.70. The Morgan fingerprint density at radius 3 is 1.68 bits per heavy atom. The maximum atomic E-state index is 12.3. The van der Waals surface area contributed by atoms with Gasteiger partial charge < -0.3 is 34.6 Å². The number of hydrogen-bond donors (Lipinski definition) is 5. The maximum Gasteiger partial charge on any atom is 0.469 e. The largest absolute Gasteiger partial charge is 0.469 e. The summed E-state index contributed by atoms with van der Waals surface area (Å²) in [5, 5.41) is 30.2. The van der Waals surface area contributed by atoms with E-state index in [0.717, 1.165) is 44.9 Å². The van der Waals surface area contributed by atoms with E-state index in [-0.39, 0.29) is 25.7 Å². The Kier molecular flexibility index (Phi) is 31.4. The third kappa shape index (κ3) is 33.1. The number of esters is 2. The zero-order valence-electron chi connectivity index (χ0n) is 30.6. The SMILES string of the molecule is CCCCCCCCCCCCCCC(=O)O[C@H](COC(=O)CCC[C@@H](O)[C@H](O)/C=C/C=C/C=C\C=C\[C@H](O)CCCCC)COP(=O)(O)O. The van der Waals surface area contributed by atoms with Crippen molar-refractivity contribution in [1.82, 2.24) is 0 Å². The van der Waals surface area contributed by atoms with Crippen molar-refractivity contribution in [2.24, 2.45) is 0 Å². The Labute approximate surface area is 301 Å². The zero-order valence-corrected chi connectivity index (χ0v) is 31.5. The van der Waals surface area contributed by atoms with Gasteiger partial charge in [-0.2, -0.15) is 0 Å². The standard InChI is InChI=1S/C38H67O11P/c1-3-5-7-8-9-10-11-12-13-14-19-23-29-38(43)49-34(32-48-50(44,45)46)31-47-37(42)30-24-28-36(41)35(40)27-22-18-16-15-17-21-26-33(39)25-20-6-4-2/h15-18,21-22,26-27,33-36,39-41H,3-14,19-20,23-25,28-32H2,1-2H3,(H2,44,45,46)/b17-15-,18-16+,26-21+,27-22+/t33-,34-,35-,36-/m1/s1. The van der Waals surface area contributed by atoms with Gasteiger partial charge in [0.05, 0.1) is 24.9 Å². The molecule has 0 aliphatic rings. The van der Waals surface area contributed by atoms with Gasteiger partial charge >= 0.3 is 19.8 Å². The van der Waals surface area contributed by atoms with Crippen LogP contribution in [0.1, 0.15) is 142 Å². The van der Waals surface area contributed by atoms with Crippen molar-refractivity contribution in [2.75, 3.05) is 13.2 Å². The van der Waals surface area contributed by atoms with Crippen LogP contribution in [0.3, 0.4) is 0 Å². The third-order valence-corrected chi connectivity index (χ3v) is 8.45. The summed E-state index contributed by atoms with van der Waals surface area (Å²) in [5.41, 5.74) is 0. The molecule has 0 spiro atoms. The number of aliphatic hydroxyl groups excluding tert-OH is 3. The first-order chi connectivity index (χ1) is 24.0. The molecule has 11 nitrogen and oxygen atoms in total. The fourth-order valence-corrected chi connectivity index (χ4v) is 5.35. The molecule has 0 amide bonds. The van der Waals surface area contributed by atoms with Crippen molar-refractivity contribution in [3.63, 3.8) is 0 Å². The molecule has 0 unspecified atom stereocenters. The molecule has 0 bridgehead atoms. The van der Waals surface area contributed by atoms with Crippen molar-refractivity contribution in [3.8, 4) is 0 Å². The Balaban J connectivity index is 4.34. The summed E-state index contributed by atoms with van der Waals surface area (Å²) in [4.78, 5) is 42.7. The number of phosphoric ester groups is 1. The van der Waals surface area contributed by atoms with Crippen molar-refractivity contribution in [1.29, 1.82) is 0 Å². The number of carbonyl (C=O) groups is 2. The molecule has 0 saturated carbocycles. The summed E-state index contributed by atoms with van der Waals surface area (Å²) in [6.07, 6.45) is 27.8. The molecule has 0 rings (SSSR count). The normalized spacial score (nSPS) is 14.9. The second kappa shape index (κ2) is 32.8. The first-order valence-electron chi connectivity index (χ1n) is 18.8. The van der Waals surface area contributed by atoms with E-state index in [1.54, 1.807) is 42.5 Å². The lowest BCUT2D eigenvalue weighted by molar-refractivity contribution is -0.161. The van der Waals surface area contributed by atoms with Gasteiger partial charge in [0.15, 0.2) is 6.10 Å².